The molecule has 0 heterocycles. The van der Waals surface area contributed by atoms with Gasteiger partial charge in [-0.05, 0) is 87.2 Å². The SMILES string of the molecule is C/C=C/Cc1cc(C/C=C/C)c(OCC)c(/C=C/C(=O)c2ccc(O)cc2)c1O. The van der Waals surface area contributed by atoms with Crippen LogP contribution in [-0.4, -0.2) is 22.6 Å². The molecule has 0 fully saturated rings. The summed E-state index contributed by atoms with van der Waals surface area (Å²) in [7, 11) is 0. The third-order valence-electron chi connectivity index (χ3n) is 4.43. The van der Waals surface area contributed by atoms with Crippen molar-refractivity contribution in [3.63, 3.8) is 0 Å². The van der Waals surface area contributed by atoms with Gasteiger partial charge in [-0.15, -0.1) is 0 Å². The molecule has 2 aromatic carbocycles. The van der Waals surface area contributed by atoms with Gasteiger partial charge in [-0.3, -0.25) is 4.79 Å². The minimum absolute atomic E-state index is 0.104. The Kier molecular flexibility index (Phi) is 8.28. The van der Waals surface area contributed by atoms with Crippen LogP contribution in [0.2, 0.25) is 0 Å². The van der Waals surface area contributed by atoms with Crippen molar-refractivity contribution < 1.29 is 19.7 Å². The second kappa shape index (κ2) is 10.9. The van der Waals surface area contributed by atoms with Gasteiger partial charge >= 0.3 is 0 Å². The van der Waals surface area contributed by atoms with E-state index in [-0.39, 0.29) is 17.3 Å². The van der Waals surface area contributed by atoms with Gasteiger partial charge in [-0.2, -0.15) is 0 Å². The minimum atomic E-state index is -0.222. The van der Waals surface area contributed by atoms with E-state index in [2.05, 4.69) is 0 Å². The molecule has 152 valence electrons. The van der Waals surface area contributed by atoms with Gasteiger partial charge in [-0.1, -0.05) is 24.3 Å². The van der Waals surface area contributed by atoms with Gasteiger partial charge in [0.15, 0.2) is 5.78 Å². The van der Waals surface area contributed by atoms with Gasteiger partial charge in [0.2, 0.25) is 0 Å². The molecule has 4 heteroatoms. The highest BCUT2D eigenvalue weighted by Gasteiger charge is 2.17. The Balaban J connectivity index is 2.52. The summed E-state index contributed by atoms with van der Waals surface area (Å²) in [6.45, 7) is 6.23. The number of carbonyl (C=O) groups is 1. The average molecular weight is 392 g/mol. The fourth-order valence-corrected chi connectivity index (χ4v) is 2.94. The molecule has 0 spiro atoms. The lowest BCUT2D eigenvalue weighted by Crippen LogP contribution is -2.02. The van der Waals surface area contributed by atoms with E-state index in [9.17, 15) is 15.0 Å². The molecule has 0 aliphatic heterocycles. The Morgan fingerprint density at radius 2 is 1.62 bits per heavy atom. The van der Waals surface area contributed by atoms with Crippen LogP contribution < -0.4 is 4.74 Å². The Morgan fingerprint density at radius 3 is 2.21 bits per heavy atom. The summed E-state index contributed by atoms with van der Waals surface area (Å²) >= 11 is 0. The first-order valence-corrected chi connectivity index (χ1v) is 9.76. The molecule has 0 bridgehead atoms. The topological polar surface area (TPSA) is 66.8 Å². The predicted octanol–water partition coefficient (Wildman–Crippen LogP) is 5.63. The number of ether oxygens (including phenoxy) is 1. The Hall–Kier alpha value is -3.27. The zero-order valence-corrected chi connectivity index (χ0v) is 17.2. The molecule has 0 saturated carbocycles. The molecule has 29 heavy (non-hydrogen) atoms. The number of benzene rings is 2. The number of hydrogen-bond acceptors (Lipinski definition) is 4. The molecule has 0 saturated heterocycles. The van der Waals surface area contributed by atoms with Crippen LogP contribution >= 0.6 is 0 Å². The predicted molar refractivity (Wildman–Crippen MR) is 118 cm³/mol. The Labute approximate surface area is 172 Å². The molecule has 2 aromatic rings. The number of ketones is 1. The van der Waals surface area contributed by atoms with Gasteiger partial charge in [0.1, 0.15) is 17.2 Å². The van der Waals surface area contributed by atoms with E-state index in [1.54, 1.807) is 18.2 Å². The lowest BCUT2D eigenvalue weighted by Gasteiger charge is -2.17. The molecule has 0 aliphatic rings. The van der Waals surface area contributed by atoms with Crippen molar-refractivity contribution in [2.75, 3.05) is 6.61 Å². The van der Waals surface area contributed by atoms with E-state index in [1.807, 2.05) is 51.1 Å². The molecule has 0 radical (unpaired) electrons. The molecule has 0 aromatic heterocycles. The van der Waals surface area contributed by atoms with Crippen LogP contribution in [0.1, 0.15) is 47.8 Å². The van der Waals surface area contributed by atoms with E-state index in [4.69, 9.17) is 4.74 Å². The Morgan fingerprint density at radius 1 is 1.00 bits per heavy atom. The molecule has 0 atom stereocenters. The van der Waals surface area contributed by atoms with Crippen molar-refractivity contribution in [2.24, 2.45) is 0 Å². The van der Waals surface area contributed by atoms with Crippen LogP contribution in [0.3, 0.4) is 0 Å². The number of phenols is 2. The lowest BCUT2D eigenvalue weighted by molar-refractivity contribution is 0.104. The monoisotopic (exact) mass is 392 g/mol. The third kappa shape index (κ3) is 5.85. The van der Waals surface area contributed by atoms with Crippen LogP contribution in [0.15, 0.2) is 60.7 Å². The number of carbonyl (C=O) groups excluding carboxylic acids is 1. The van der Waals surface area contributed by atoms with Crippen molar-refractivity contribution in [3.8, 4) is 17.2 Å². The number of phenolic OH excluding ortho intramolecular Hbond substituents is 2. The lowest BCUT2D eigenvalue weighted by atomic mass is 9.97. The molecule has 4 nitrogen and oxygen atoms in total. The first kappa shape index (κ1) is 22.0. The van der Waals surface area contributed by atoms with E-state index in [0.717, 1.165) is 11.1 Å². The summed E-state index contributed by atoms with van der Waals surface area (Å²) < 4.78 is 5.85. The molecular weight excluding hydrogens is 364 g/mol. The molecular formula is C25H28O4. The smallest absolute Gasteiger partial charge is 0.185 e. The number of allylic oxidation sites excluding steroid dienone is 5. The first-order valence-electron chi connectivity index (χ1n) is 9.76. The van der Waals surface area contributed by atoms with Crippen molar-refractivity contribution in [3.05, 3.63) is 83.0 Å². The van der Waals surface area contributed by atoms with Gasteiger partial charge < -0.3 is 14.9 Å². The zero-order valence-electron chi connectivity index (χ0n) is 17.2. The molecule has 0 unspecified atom stereocenters. The van der Waals surface area contributed by atoms with Crippen molar-refractivity contribution in [1.82, 2.24) is 0 Å². The molecule has 2 rings (SSSR count). The molecule has 0 amide bonds. The molecule has 2 N–H and O–H groups in total. The standard InChI is InChI=1S/C25H28O4/c1-4-7-9-19-17-20(10-8-5-2)25(29-6-3)22(24(19)28)15-16-23(27)18-11-13-21(26)14-12-18/h4-5,7-8,11-17,26,28H,6,9-10H2,1-3H3/b7-4+,8-5+,16-15+. The van der Waals surface area contributed by atoms with Crippen LogP contribution in [0.5, 0.6) is 17.2 Å². The fraction of sp³-hybridized carbons (Fsp3) is 0.240. The van der Waals surface area contributed by atoms with Crippen LogP contribution in [-0.2, 0) is 12.8 Å². The summed E-state index contributed by atoms with van der Waals surface area (Å²) in [6, 6.07) is 8.02. The average Bonchev–Trinajstić information content (AvgIpc) is 2.72. The number of hydrogen-bond donors (Lipinski definition) is 2. The highest BCUT2D eigenvalue weighted by molar-refractivity contribution is 6.07. The van der Waals surface area contributed by atoms with Crippen molar-refractivity contribution in [2.45, 2.75) is 33.6 Å². The summed E-state index contributed by atoms with van der Waals surface area (Å²) in [5.41, 5.74) is 2.69. The zero-order chi connectivity index (χ0) is 21.2. The number of aromatic hydroxyl groups is 2. The second-order valence-corrected chi connectivity index (χ2v) is 6.51. The van der Waals surface area contributed by atoms with Gasteiger partial charge in [-0.25, -0.2) is 0 Å². The number of rotatable bonds is 9. The van der Waals surface area contributed by atoms with Gasteiger partial charge in [0, 0.05) is 5.56 Å². The quantitative estimate of drug-likeness (QED) is 0.330. The summed E-state index contributed by atoms with van der Waals surface area (Å²) in [4.78, 5) is 12.5. The Bertz CT molecular complexity index is 919. The maximum Gasteiger partial charge on any atom is 0.185 e. The second-order valence-electron chi connectivity index (χ2n) is 6.51. The fourth-order valence-electron chi connectivity index (χ4n) is 2.94. The largest absolute Gasteiger partial charge is 0.508 e. The van der Waals surface area contributed by atoms with E-state index >= 15 is 0 Å². The highest BCUT2D eigenvalue weighted by Crippen LogP contribution is 2.37. The van der Waals surface area contributed by atoms with Crippen LogP contribution in [0.25, 0.3) is 6.08 Å². The summed E-state index contributed by atoms with van der Waals surface area (Å²) in [5, 5.41) is 20.3. The molecule has 0 aliphatic carbocycles. The van der Waals surface area contributed by atoms with Gasteiger partial charge in [0.25, 0.3) is 0 Å². The minimum Gasteiger partial charge on any atom is -0.508 e. The highest BCUT2D eigenvalue weighted by atomic mass is 16.5. The van der Waals surface area contributed by atoms with E-state index in [0.29, 0.717) is 36.3 Å². The van der Waals surface area contributed by atoms with E-state index < -0.39 is 0 Å². The van der Waals surface area contributed by atoms with E-state index in [1.165, 1.54) is 18.2 Å². The van der Waals surface area contributed by atoms with Crippen molar-refractivity contribution in [1.29, 1.82) is 0 Å². The van der Waals surface area contributed by atoms with Crippen LogP contribution in [0, 0.1) is 0 Å². The maximum atomic E-state index is 12.5. The normalized spacial score (nSPS) is 11.7. The van der Waals surface area contributed by atoms with Crippen LogP contribution in [0.4, 0.5) is 0 Å². The summed E-state index contributed by atoms with van der Waals surface area (Å²) in [6.07, 6.45) is 12.2. The van der Waals surface area contributed by atoms with Gasteiger partial charge in [0.05, 0.1) is 12.2 Å². The van der Waals surface area contributed by atoms with Crippen molar-refractivity contribution >= 4 is 11.9 Å². The summed E-state index contributed by atoms with van der Waals surface area (Å²) in [5.74, 6) is 0.584. The first-order chi connectivity index (χ1) is 14.0. The third-order valence-corrected chi connectivity index (χ3v) is 4.43. The maximum absolute atomic E-state index is 12.5.